The van der Waals surface area contributed by atoms with Crippen LogP contribution in [-0.2, 0) is 17.1 Å². The molecular weight excluding hydrogens is 320 g/mol. The molecule has 0 radical (unpaired) electrons. The topological polar surface area (TPSA) is 110 Å². The van der Waals surface area contributed by atoms with E-state index in [9.17, 15) is 13.5 Å². The van der Waals surface area contributed by atoms with Gasteiger partial charge in [-0.05, 0) is 32.6 Å². The van der Waals surface area contributed by atoms with E-state index in [0.29, 0.717) is 18.5 Å². The van der Waals surface area contributed by atoms with E-state index in [2.05, 4.69) is 15.0 Å². The van der Waals surface area contributed by atoms with Gasteiger partial charge in [-0.1, -0.05) is 5.16 Å². The van der Waals surface area contributed by atoms with Gasteiger partial charge in [-0.3, -0.25) is 4.68 Å². The number of aliphatic hydroxyl groups is 1. The molecule has 0 amide bonds. The lowest BCUT2D eigenvalue weighted by Crippen LogP contribution is -2.41. The zero-order valence-corrected chi connectivity index (χ0v) is 14.0. The average molecular weight is 340 g/mol. The molecule has 3 rings (SSSR count). The fourth-order valence-corrected chi connectivity index (χ4v) is 4.65. The highest BCUT2D eigenvalue weighted by molar-refractivity contribution is 7.89. The number of rotatable bonds is 5. The van der Waals surface area contributed by atoms with Gasteiger partial charge in [-0.25, -0.2) is 13.1 Å². The Bertz CT molecular complexity index is 785. The molecule has 2 aromatic heterocycles. The molecule has 1 aliphatic carbocycles. The van der Waals surface area contributed by atoms with Crippen LogP contribution in [-0.4, -0.2) is 34.6 Å². The molecule has 0 bridgehead atoms. The van der Waals surface area contributed by atoms with Gasteiger partial charge in [0.25, 0.3) is 0 Å². The molecule has 2 aromatic rings. The molecule has 1 aliphatic rings. The predicted molar refractivity (Wildman–Crippen MR) is 81.0 cm³/mol. The Balaban J connectivity index is 1.92. The first-order chi connectivity index (χ1) is 10.8. The average Bonchev–Trinajstić information content (AvgIpc) is 2.99. The normalized spacial score (nSPS) is 22.8. The molecule has 0 unspecified atom stereocenters. The fourth-order valence-electron chi connectivity index (χ4n) is 3.02. The van der Waals surface area contributed by atoms with Crippen LogP contribution in [0.25, 0.3) is 0 Å². The van der Waals surface area contributed by atoms with Crippen molar-refractivity contribution in [3.8, 4) is 0 Å². The first-order valence-electron chi connectivity index (χ1n) is 7.39. The highest BCUT2D eigenvalue weighted by Gasteiger charge is 2.38. The lowest BCUT2D eigenvalue weighted by atomic mass is 9.76. The molecule has 8 nitrogen and oxygen atoms in total. The maximum atomic E-state index is 12.8. The Labute approximate surface area is 134 Å². The molecule has 0 aromatic carbocycles. The molecule has 1 saturated carbocycles. The second-order valence-corrected chi connectivity index (χ2v) is 7.74. The summed E-state index contributed by atoms with van der Waals surface area (Å²) >= 11 is 0. The SMILES string of the molecule is Cc1noc(C)c1S(=O)(=O)N[C@@H](c1cnn(C)c1)C1CC(O)C1. The van der Waals surface area contributed by atoms with Gasteiger partial charge in [-0.2, -0.15) is 5.10 Å². The fraction of sp³-hybridized carbons (Fsp3) is 0.571. The van der Waals surface area contributed by atoms with Crippen molar-refractivity contribution in [1.29, 1.82) is 0 Å². The summed E-state index contributed by atoms with van der Waals surface area (Å²) in [6, 6.07) is -0.439. The van der Waals surface area contributed by atoms with Crippen molar-refractivity contribution in [3.05, 3.63) is 29.4 Å². The molecule has 0 saturated heterocycles. The summed E-state index contributed by atoms with van der Waals surface area (Å²) in [5.74, 6) is 0.290. The van der Waals surface area contributed by atoms with E-state index in [4.69, 9.17) is 4.52 Å². The van der Waals surface area contributed by atoms with Crippen LogP contribution in [0.15, 0.2) is 21.8 Å². The zero-order valence-electron chi connectivity index (χ0n) is 13.2. The van der Waals surface area contributed by atoms with Crippen LogP contribution < -0.4 is 4.72 Å². The summed E-state index contributed by atoms with van der Waals surface area (Å²) in [6.07, 6.45) is 4.17. The van der Waals surface area contributed by atoms with E-state index < -0.39 is 16.1 Å². The second kappa shape index (κ2) is 5.73. The van der Waals surface area contributed by atoms with Crippen LogP contribution in [0, 0.1) is 19.8 Å². The summed E-state index contributed by atoms with van der Waals surface area (Å²) in [7, 11) is -2.00. The number of hydrogen-bond acceptors (Lipinski definition) is 6. The van der Waals surface area contributed by atoms with Gasteiger partial charge in [0.05, 0.1) is 18.3 Å². The maximum absolute atomic E-state index is 12.8. The minimum atomic E-state index is -3.78. The van der Waals surface area contributed by atoms with Crippen molar-refractivity contribution in [2.75, 3.05) is 0 Å². The highest BCUT2D eigenvalue weighted by Crippen LogP contribution is 2.39. The summed E-state index contributed by atoms with van der Waals surface area (Å²) in [5.41, 5.74) is 1.10. The van der Waals surface area contributed by atoms with Crippen LogP contribution in [0.5, 0.6) is 0 Å². The summed E-state index contributed by atoms with van der Waals surface area (Å²) in [4.78, 5) is 0.0752. The number of nitrogens with zero attached hydrogens (tertiary/aromatic N) is 3. The van der Waals surface area contributed by atoms with Gasteiger partial charge >= 0.3 is 0 Å². The minimum absolute atomic E-state index is 0.0319. The van der Waals surface area contributed by atoms with E-state index >= 15 is 0 Å². The largest absolute Gasteiger partial charge is 0.393 e. The van der Waals surface area contributed by atoms with Crippen molar-refractivity contribution in [3.63, 3.8) is 0 Å². The summed E-state index contributed by atoms with van der Waals surface area (Å²) in [6.45, 7) is 3.16. The quantitative estimate of drug-likeness (QED) is 0.833. The van der Waals surface area contributed by atoms with Crippen molar-refractivity contribution in [2.45, 2.75) is 43.7 Å². The number of sulfonamides is 1. The molecule has 2 N–H and O–H groups in total. The van der Waals surface area contributed by atoms with Crippen LogP contribution in [0.3, 0.4) is 0 Å². The lowest BCUT2D eigenvalue weighted by molar-refractivity contribution is 0.0280. The van der Waals surface area contributed by atoms with E-state index in [1.807, 2.05) is 0 Å². The molecule has 0 aliphatic heterocycles. The molecule has 2 heterocycles. The van der Waals surface area contributed by atoms with E-state index in [-0.39, 0.29) is 22.7 Å². The van der Waals surface area contributed by atoms with Crippen LogP contribution >= 0.6 is 0 Å². The van der Waals surface area contributed by atoms with Gasteiger partial charge in [0.2, 0.25) is 10.0 Å². The highest BCUT2D eigenvalue weighted by atomic mass is 32.2. The number of aliphatic hydroxyl groups excluding tert-OH is 1. The third-order valence-corrected chi connectivity index (χ3v) is 5.91. The number of aryl methyl sites for hydroxylation is 3. The minimum Gasteiger partial charge on any atom is -0.393 e. The molecular formula is C14H20N4O4S. The van der Waals surface area contributed by atoms with Crippen molar-refractivity contribution in [2.24, 2.45) is 13.0 Å². The molecule has 126 valence electrons. The van der Waals surface area contributed by atoms with Crippen LogP contribution in [0.1, 0.15) is 35.9 Å². The Morgan fingerprint density at radius 3 is 2.61 bits per heavy atom. The van der Waals surface area contributed by atoms with Crippen molar-refractivity contribution < 1.29 is 18.0 Å². The Morgan fingerprint density at radius 2 is 2.13 bits per heavy atom. The Kier molecular flexibility index (Phi) is 4.03. The molecule has 1 fully saturated rings. The second-order valence-electron chi connectivity index (χ2n) is 6.08. The van der Waals surface area contributed by atoms with Gasteiger partial charge in [0, 0.05) is 18.8 Å². The Hall–Kier alpha value is -1.71. The monoisotopic (exact) mass is 340 g/mol. The molecule has 0 spiro atoms. The number of aromatic nitrogens is 3. The van der Waals surface area contributed by atoms with Crippen LogP contribution in [0.4, 0.5) is 0 Å². The van der Waals surface area contributed by atoms with E-state index in [1.54, 1.807) is 38.0 Å². The van der Waals surface area contributed by atoms with Crippen molar-refractivity contribution >= 4 is 10.0 Å². The lowest BCUT2D eigenvalue weighted by Gasteiger charge is -2.37. The standard InChI is InChI=1S/C14H20N4O4S/c1-8-14(9(2)22-16-8)23(20,21)17-13(10-4-12(19)5-10)11-6-15-18(3)7-11/h6-7,10,12-13,17,19H,4-5H2,1-3H3/t10?,12?,13-/m1/s1. The maximum Gasteiger partial charge on any atom is 0.246 e. The molecule has 9 heteroatoms. The van der Waals surface area contributed by atoms with Crippen molar-refractivity contribution in [1.82, 2.24) is 19.7 Å². The smallest absolute Gasteiger partial charge is 0.246 e. The first-order valence-corrected chi connectivity index (χ1v) is 8.88. The third-order valence-electron chi connectivity index (χ3n) is 4.22. The summed E-state index contributed by atoms with van der Waals surface area (Å²) in [5, 5.41) is 17.4. The third kappa shape index (κ3) is 3.04. The molecule has 23 heavy (non-hydrogen) atoms. The van der Waals surface area contributed by atoms with Gasteiger partial charge < -0.3 is 9.63 Å². The first kappa shape index (κ1) is 16.2. The zero-order chi connectivity index (χ0) is 16.8. The van der Waals surface area contributed by atoms with Crippen LogP contribution in [0.2, 0.25) is 0 Å². The summed E-state index contributed by atoms with van der Waals surface area (Å²) < 4.78 is 34.8. The van der Waals surface area contributed by atoms with E-state index in [1.165, 1.54) is 0 Å². The predicted octanol–water partition coefficient (Wildman–Crippen LogP) is 0.815. The van der Waals surface area contributed by atoms with Gasteiger partial charge in [-0.15, -0.1) is 0 Å². The van der Waals surface area contributed by atoms with Gasteiger partial charge in [0.15, 0.2) is 5.76 Å². The molecule has 1 atom stereocenters. The van der Waals surface area contributed by atoms with Gasteiger partial charge in [0.1, 0.15) is 10.6 Å². The Morgan fingerprint density at radius 1 is 1.43 bits per heavy atom. The van der Waals surface area contributed by atoms with E-state index in [0.717, 1.165) is 5.56 Å². The number of hydrogen-bond donors (Lipinski definition) is 2. The number of nitrogens with one attached hydrogen (secondary N) is 1.